The van der Waals surface area contributed by atoms with E-state index in [-0.39, 0.29) is 23.7 Å². The van der Waals surface area contributed by atoms with Gasteiger partial charge in [-0.3, -0.25) is 9.69 Å². The molecular formula is C21H28N2O5. The lowest BCUT2D eigenvalue weighted by Gasteiger charge is -2.40. The molecule has 0 bridgehead atoms. The van der Waals surface area contributed by atoms with Crippen molar-refractivity contribution in [2.75, 3.05) is 39.5 Å². The number of amides is 1. The standard InChI is InChI=1S/C21H28N2O5/c1-4-15-11-20(25)28-18-12-16(5-6-17(15)18)27-13-19(24)22-14-21(2,3)23-7-9-26-10-8-23/h5-6,11-12H,4,7-10,13-14H2,1-3H3,(H,22,24). The number of aryl methyl sites for hydroxylation is 1. The van der Waals surface area contributed by atoms with Gasteiger partial charge in [0, 0.05) is 42.7 Å². The number of hydrogen-bond donors (Lipinski definition) is 1. The summed E-state index contributed by atoms with van der Waals surface area (Å²) >= 11 is 0. The Morgan fingerprint density at radius 2 is 2.00 bits per heavy atom. The molecule has 0 spiro atoms. The smallest absolute Gasteiger partial charge is 0.336 e. The highest BCUT2D eigenvalue weighted by atomic mass is 16.5. The van der Waals surface area contributed by atoms with E-state index in [4.69, 9.17) is 13.9 Å². The quantitative estimate of drug-likeness (QED) is 0.731. The van der Waals surface area contributed by atoms with Crippen LogP contribution in [-0.4, -0.2) is 55.8 Å². The van der Waals surface area contributed by atoms with Crippen molar-refractivity contribution in [3.63, 3.8) is 0 Å². The van der Waals surface area contributed by atoms with Crippen LogP contribution < -0.4 is 15.7 Å². The van der Waals surface area contributed by atoms with Gasteiger partial charge < -0.3 is 19.2 Å². The summed E-state index contributed by atoms with van der Waals surface area (Å²) in [6.45, 7) is 9.80. The lowest BCUT2D eigenvalue weighted by atomic mass is 10.0. The highest BCUT2D eigenvalue weighted by Crippen LogP contribution is 2.23. The summed E-state index contributed by atoms with van der Waals surface area (Å²) in [5.41, 5.74) is 0.865. The van der Waals surface area contributed by atoms with E-state index in [0.717, 1.165) is 43.7 Å². The summed E-state index contributed by atoms with van der Waals surface area (Å²) in [5.74, 6) is 0.302. The number of rotatable bonds is 7. The normalized spacial score (nSPS) is 15.5. The summed E-state index contributed by atoms with van der Waals surface area (Å²) in [4.78, 5) is 26.2. The van der Waals surface area contributed by atoms with Crippen LogP contribution in [0.25, 0.3) is 11.0 Å². The Hall–Kier alpha value is -2.38. The van der Waals surface area contributed by atoms with Gasteiger partial charge in [0.15, 0.2) is 6.61 Å². The van der Waals surface area contributed by atoms with Gasteiger partial charge in [-0.05, 0) is 38.0 Å². The van der Waals surface area contributed by atoms with E-state index in [0.29, 0.717) is 17.9 Å². The minimum Gasteiger partial charge on any atom is -0.484 e. The molecule has 7 nitrogen and oxygen atoms in total. The van der Waals surface area contributed by atoms with Crippen molar-refractivity contribution < 1.29 is 18.7 Å². The van der Waals surface area contributed by atoms with E-state index in [1.54, 1.807) is 12.1 Å². The Bertz CT molecular complexity index is 884. The second-order valence-corrected chi connectivity index (χ2v) is 7.58. The van der Waals surface area contributed by atoms with Crippen molar-refractivity contribution >= 4 is 16.9 Å². The third-order valence-corrected chi connectivity index (χ3v) is 5.14. The molecule has 0 aliphatic carbocycles. The Kier molecular flexibility index (Phi) is 6.36. The molecule has 0 unspecified atom stereocenters. The zero-order valence-corrected chi connectivity index (χ0v) is 16.7. The van der Waals surface area contributed by atoms with Gasteiger partial charge in [0.2, 0.25) is 0 Å². The van der Waals surface area contributed by atoms with Gasteiger partial charge in [-0.2, -0.15) is 0 Å². The molecule has 152 valence electrons. The molecule has 0 saturated carbocycles. The highest BCUT2D eigenvalue weighted by Gasteiger charge is 2.28. The number of morpholine rings is 1. The van der Waals surface area contributed by atoms with Crippen LogP contribution in [0.15, 0.2) is 33.5 Å². The maximum atomic E-state index is 12.2. The second kappa shape index (κ2) is 8.75. The molecule has 1 aromatic carbocycles. The summed E-state index contributed by atoms with van der Waals surface area (Å²) in [6, 6.07) is 6.80. The third kappa shape index (κ3) is 4.91. The van der Waals surface area contributed by atoms with Crippen LogP contribution in [-0.2, 0) is 16.0 Å². The Morgan fingerprint density at radius 3 is 2.71 bits per heavy atom. The van der Waals surface area contributed by atoms with Gasteiger partial charge in [0.25, 0.3) is 5.91 Å². The van der Waals surface area contributed by atoms with Crippen LogP contribution >= 0.6 is 0 Å². The summed E-state index contributed by atoms with van der Waals surface area (Å²) < 4.78 is 16.2. The first kappa shape index (κ1) is 20.4. The molecule has 3 rings (SSSR count). The second-order valence-electron chi connectivity index (χ2n) is 7.58. The molecule has 1 aliphatic heterocycles. The van der Waals surface area contributed by atoms with Crippen molar-refractivity contribution in [3.05, 3.63) is 40.2 Å². The van der Waals surface area contributed by atoms with Crippen LogP contribution in [0.2, 0.25) is 0 Å². The lowest BCUT2D eigenvalue weighted by Crippen LogP contribution is -2.55. The molecule has 0 radical (unpaired) electrons. The Labute approximate surface area is 164 Å². The van der Waals surface area contributed by atoms with Crippen molar-refractivity contribution in [3.8, 4) is 5.75 Å². The van der Waals surface area contributed by atoms with Crippen LogP contribution in [0.5, 0.6) is 5.75 Å². The van der Waals surface area contributed by atoms with Crippen LogP contribution in [0, 0.1) is 0 Å². The summed E-state index contributed by atoms with van der Waals surface area (Å²) in [7, 11) is 0. The van der Waals surface area contributed by atoms with Crippen molar-refractivity contribution in [2.45, 2.75) is 32.7 Å². The van der Waals surface area contributed by atoms with Gasteiger partial charge in [-0.15, -0.1) is 0 Å². The average molecular weight is 388 g/mol. The monoisotopic (exact) mass is 388 g/mol. The maximum absolute atomic E-state index is 12.2. The number of nitrogens with one attached hydrogen (secondary N) is 1. The van der Waals surface area contributed by atoms with Gasteiger partial charge in [-0.1, -0.05) is 6.92 Å². The number of carbonyl (C=O) groups excluding carboxylic acids is 1. The topological polar surface area (TPSA) is 81.0 Å². The summed E-state index contributed by atoms with van der Waals surface area (Å²) in [6.07, 6.45) is 0.740. The van der Waals surface area contributed by atoms with Crippen LogP contribution in [0.1, 0.15) is 26.3 Å². The fourth-order valence-electron chi connectivity index (χ4n) is 3.39. The lowest BCUT2D eigenvalue weighted by molar-refractivity contribution is -0.123. The fraction of sp³-hybridized carbons (Fsp3) is 0.524. The maximum Gasteiger partial charge on any atom is 0.336 e. The number of ether oxygens (including phenoxy) is 2. The minimum atomic E-state index is -0.385. The third-order valence-electron chi connectivity index (χ3n) is 5.14. The number of carbonyl (C=O) groups is 1. The molecule has 7 heteroatoms. The first-order chi connectivity index (χ1) is 13.4. The molecule has 2 heterocycles. The Balaban J connectivity index is 1.56. The largest absolute Gasteiger partial charge is 0.484 e. The molecular weight excluding hydrogens is 360 g/mol. The molecule has 1 fully saturated rings. The number of fused-ring (bicyclic) bond motifs is 1. The predicted octanol–water partition coefficient (Wildman–Crippen LogP) is 1.96. The first-order valence-corrected chi connectivity index (χ1v) is 9.68. The van der Waals surface area contributed by atoms with E-state index in [1.807, 2.05) is 13.0 Å². The molecule has 1 N–H and O–H groups in total. The van der Waals surface area contributed by atoms with Gasteiger partial charge >= 0.3 is 5.63 Å². The molecule has 2 aromatic rings. The van der Waals surface area contributed by atoms with Gasteiger partial charge in [0.05, 0.1) is 13.2 Å². The number of benzene rings is 1. The molecule has 28 heavy (non-hydrogen) atoms. The van der Waals surface area contributed by atoms with E-state index in [1.165, 1.54) is 6.07 Å². The summed E-state index contributed by atoms with van der Waals surface area (Å²) in [5, 5.41) is 3.82. The van der Waals surface area contributed by atoms with Crippen LogP contribution in [0.4, 0.5) is 0 Å². The van der Waals surface area contributed by atoms with Crippen molar-refractivity contribution in [1.29, 1.82) is 0 Å². The van der Waals surface area contributed by atoms with Crippen molar-refractivity contribution in [2.24, 2.45) is 0 Å². The van der Waals surface area contributed by atoms with E-state index >= 15 is 0 Å². The zero-order valence-electron chi connectivity index (χ0n) is 16.7. The van der Waals surface area contributed by atoms with E-state index in [2.05, 4.69) is 24.1 Å². The Morgan fingerprint density at radius 1 is 1.25 bits per heavy atom. The first-order valence-electron chi connectivity index (χ1n) is 9.68. The minimum absolute atomic E-state index is 0.0948. The van der Waals surface area contributed by atoms with E-state index in [9.17, 15) is 9.59 Å². The molecule has 1 aliphatic rings. The molecule has 0 atom stereocenters. The van der Waals surface area contributed by atoms with Crippen LogP contribution in [0.3, 0.4) is 0 Å². The van der Waals surface area contributed by atoms with Gasteiger partial charge in [-0.25, -0.2) is 4.79 Å². The zero-order chi connectivity index (χ0) is 20.1. The number of hydrogen-bond acceptors (Lipinski definition) is 6. The average Bonchev–Trinajstić information content (AvgIpc) is 2.70. The molecule has 1 amide bonds. The van der Waals surface area contributed by atoms with Gasteiger partial charge in [0.1, 0.15) is 11.3 Å². The molecule has 1 aromatic heterocycles. The van der Waals surface area contributed by atoms with E-state index < -0.39 is 0 Å². The highest BCUT2D eigenvalue weighted by molar-refractivity contribution is 5.82. The number of nitrogens with zero attached hydrogens (tertiary/aromatic N) is 1. The SMILES string of the molecule is CCc1cc(=O)oc2cc(OCC(=O)NCC(C)(C)N3CCOCC3)ccc12. The molecule has 1 saturated heterocycles. The van der Waals surface area contributed by atoms with Crippen molar-refractivity contribution in [1.82, 2.24) is 10.2 Å². The predicted molar refractivity (Wildman–Crippen MR) is 107 cm³/mol. The fourth-order valence-corrected chi connectivity index (χ4v) is 3.39.